The van der Waals surface area contributed by atoms with E-state index in [0.29, 0.717) is 5.69 Å². The second kappa shape index (κ2) is 11.3. The molecule has 4 aromatic rings. The normalized spacial score (nSPS) is 16.5. The third-order valence-corrected chi connectivity index (χ3v) is 8.41. The molecule has 0 bridgehead atoms. The quantitative estimate of drug-likeness (QED) is 0.148. The van der Waals surface area contributed by atoms with Crippen molar-refractivity contribution in [3.05, 3.63) is 94.4 Å². The molecule has 0 fully saturated rings. The van der Waals surface area contributed by atoms with Crippen LogP contribution in [0.5, 0.6) is 0 Å². The number of pyridine rings is 1. The van der Waals surface area contributed by atoms with Gasteiger partial charge in [0.05, 0.1) is 0 Å². The molecule has 0 radical (unpaired) electrons. The number of carbonyl (C=O) groups excluding carboxylic acids is 1. The average molecular weight is 524 g/mol. The van der Waals surface area contributed by atoms with Crippen molar-refractivity contribution in [2.75, 3.05) is 18.0 Å². The fraction of sp³-hybridized carbons (Fsp3) is 0.412. The largest absolute Gasteiger partial charge is 0.439 e. The number of fused-ring (bicyclic) bond motifs is 2. The first kappa shape index (κ1) is 27.0. The number of aromatic nitrogens is 2. The number of ether oxygens (including phenoxy) is 1. The van der Waals surface area contributed by atoms with Crippen LogP contribution in [0.2, 0.25) is 0 Å². The van der Waals surface area contributed by atoms with Crippen molar-refractivity contribution < 1.29 is 9.53 Å². The molecule has 39 heavy (non-hydrogen) atoms. The van der Waals surface area contributed by atoms with Gasteiger partial charge in [0.15, 0.2) is 11.3 Å². The van der Waals surface area contributed by atoms with E-state index in [0.717, 1.165) is 59.4 Å². The van der Waals surface area contributed by atoms with Gasteiger partial charge in [-0.05, 0) is 63.9 Å². The van der Waals surface area contributed by atoms with Gasteiger partial charge in [0.1, 0.15) is 0 Å². The highest BCUT2D eigenvalue weighted by Crippen LogP contribution is 2.51. The topological polar surface area (TPSA) is 47.4 Å². The molecule has 0 saturated heterocycles. The number of carbonyl (C=O) groups is 1. The summed E-state index contributed by atoms with van der Waals surface area (Å²) in [7, 11) is 0. The van der Waals surface area contributed by atoms with Gasteiger partial charge in [0.25, 0.3) is 0 Å². The summed E-state index contributed by atoms with van der Waals surface area (Å²) < 4.78 is 8.99. The van der Waals surface area contributed by atoms with Gasteiger partial charge in [-0.3, -0.25) is 0 Å². The number of hydrogen-bond acceptors (Lipinski definition) is 4. The van der Waals surface area contributed by atoms with Gasteiger partial charge in [0, 0.05) is 64.8 Å². The lowest BCUT2D eigenvalue weighted by atomic mass is 9.77. The zero-order valence-electron chi connectivity index (χ0n) is 24.1. The van der Waals surface area contributed by atoms with Crippen molar-refractivity contribution in [3.8, 4) is 0 Å². The molecule has 2 aromatic heterocycles. The van der Waals surface area contributed by atoms with E-state index >= 15 is 0 Å². The summed E-state index contributed by atoms with van der Waals surface area (Å²) in [6.07, 6.45) is 7.81. The van der Waals surface area contributed by atoms with Crippen LogP contribution in [-0.2, 0) is 16.9 Å². The van der Waals surface area contributed by atoms with Gasteiger partial charge < -0.3 is 14.2 Å². The summed E-state index contributed by atoms with van der Waals surface area (Å²) in [5, 5.41) is 1.13. The number of hydrogen-bond donors (Lipinski definition) is 0. The first-order chi connectivity index (χ1) is 19.0. The third-order valence-electron chi connectivity index (χ3n) is 8.41. The minimum Gasteiger partial charge on any atom is -0.439 e. The second-order valence-corrected chi connectivity index (χ2v) is 10.7. The molecule has 1 aliphatic heterocycles. The Balaban J connectivity index is 1.74. The van der Waals surface area contributed by atoms with Crippen LogP contribution in [0.25, 0.3) is 10.9 Å². The van der Waals surface area contributed by atoms with Crippen LogP contribution < -0.4 is 4.90 Å². The van der Waals surface area contributed by atoms with Crippen molar-refractivity contribution in [2.24, 2.45) is 0 Å². The zero-order chi connectivity index (χ0) is 27.6. The number of unbranched alkanes of at least 4 members (excludes halogenated alkanes) is 4. The molecule has 2 aromatic carbocycles. The highest BCUT2D eigenvalue weighted by molar-refractivity contribution is 5.97. The number of benzene rings is 2. The predicted molar refractivity (Wildman–Crippen MR) is 160 cm³/mol. The number of nitrogens with zero attached hydrogens (tertiary/aromatic N) is 3. The molecule has 1 unspecified atom stereocenters. The maximum atomic E-state index is 13.4. The highest BCUT2D eigenvalue weighted by atomic mass is 16.6. The number of anilines is 1. The van der Waals surface area contributed by atoms with Crippen molar-refractivity contribution in [2.45, 2.75) is 78.9 Å². The molecule has 0 N–H and O–H groups in total. The van der Waals surface area contributed by atoms with Gasteiger partial charge >= 0.3 is 5.97 Å². The number of aryl methyl sites for hydroxylation is 2. The molecular formula is C34H41N3O2. The Morgan fingerprint density at radius 3 is 2.41 bits per heavy atom. The van der Waals surface area contributed by atoms with E-state index in [9.17, 15) is 4.79 Å². The third kappa shape index (κ3) is 4.52. The molecular weight excluding hydrogens is 482 g/mol. The number of esters is 1. The smallest absolute Gasteiger partial charge is 0.358 e. The monoisotopic (exact) mass is 523 g/mol. The van der Waals surface area contributed by atoms with E-state index in [2.05, 4.69) is 91.5 Å². The lowest BCUT2D eigenvalue weighted by Gasteiger charge is -2.33. The predicted octanol–water partition coefficient (Wildman–Crippen LogP) is 7.93. The fourth-order valence-corrected chi connectivity index (χ4v) is 6.48. The summed E-state index contributed by atoms with van der Waals surface area (Å²) >= 11 is 0. The van der Waals surface area contributed by atoms with Gasteiger partial charge in [-0.1, -0.05) is 62.9 Å². The molecule has 5 nitrogen and oxygen atoms in total. The van der Waals surface area contributed by atoms with Crippen LogP contribution in [0.15, 0.2) is 60.8 Å². The van der Waals surface area contributed by atoms with Crippen LogP contribution in [0.3, 0.4) is 0 Å². The molecule has 5 heteroatoms. The van der Waals surface area contributed by atoms with Crippen molar-refractivity contribution in [1.82, 2.24) is 9.55 Å². The van der Waals surface area contributed by atoms with Gasteiger partial charge in [0.2, 0.25) is 0 Å². The van der Waals surface area contributed by atoms with E-state index in [1.54, 1.807) is 6.20 Å². The summed E-state index contributed by atoms with van der Waals surface area (Å²) in [4.78, 5) is 20.3. The van der Waals surface area contributed by atoms with Gasteiger partial charge in [-0.2, -0.15) is 0 Å². The Morgan fingerprint density at radius 2 is 1.67 bits per heavy atom. The van der Waals surface area contributed by atoms with E-state index in [1.165, 1.54) is 36.9 Å². The minimum absolute atomic E-state index is 0.367. The zero-order valence-corrected chi connectivity index (χ0v) is 24.1. The molecule has 5 rings (SSSR count). The number of para-hydroxylation sites is 1. The lowest BCUT2D eigenvalue weighted by molar-refractivity contribution is 0.0249. The first-order valence-corrected chi connectivity index (χ1v) is 14.6. The molecule has 0 aliphatic carbocycles. The standard InChI is InChI=1S/C34H41N3O2/c1-6-9-10-11-14-22-37-25(5)31(27-16-12-13-18-30(27)37)34(29-17-15-21-35-32(29)33(38)39-34)28-20-19-26(23-24(28)4)36(7-2)8-3/h12-13,15-21,23H,6-11,14,22H2,1-5H3. The summed E-state index contributed by atoms with van der Waals surface area (Å²) in [5.41, 5.74) is 6.80. The van der Waals surface area contributed by atoms with Crippen LogP contribution in [0.4, 0.5) is 5.69 Å². The van der Waals surface area contributed by atoms with Crippen LogP contribution in [-0.4, -0.2) is 28.6 Å². The van der Waals surface area contributed by atoms with Gasteiger partial charge in [-0.15, -0.1) is 0 Å². The SMILES string of the molecule is CCCCCCCn1c(C)c(C2(c3ccc(N(CC)CC)cc3C)OC(=O)c3ncccc32)c2ccccc21. The molecule has 1 atom stereocenters. The van der Waals surface area contributed by atoms with E-state index in [-0.39, 0.29) is 5.97 Å². The summed E-state index contributed by atoms with van der Waals surface area (Å²) in [6, 6.07) is 19.1. The minimum atomic E-state index is -1.07. The maximum Gasteiger partial charge on any atom is 0.358 e. The van der Waals surface area contributed by atoms with Crippen LogP contribution in [0.1, 0.15) is 91.3 Å². The molecule has 1 aliphatic rings. The summed E-state index contributed by atoms with van der Waals surface area (Å²) in [5.74, 6) is -0.367. The van der Waals surface area contributed by atoms with Gasteiger partial charge in [-0.25, -0.2) is 9.78 Å². The Hall–Kier alpha value is -3.60. The Morgan fingerprint density at radius 1 is 0.897 bits per heavy atom. The van der Waals surface area contributed by atoms with E-state index < -0.39 is 5.60 Å². The first-order valence-electron chi connectivity index (χ1n) is 14.6. The molecule has 0 saturated carbocycles. The average Bonchev–Trinajstić information content (AvgIpc) is 3.40. The second-order valence-electron chi connectivity index (χ2n) is 10.7. The molecule has 0 spiro atoms. The van der Waals surface area contributed by atoms with E-state index in [1.807, 2.05) is 12.1 Å². The van der Waals surface area contributed by atoms with Crippen molar-refractivity contribution >= 4 is 22.6 Å². The maximum absolute atomic E-state index is 13.4. The van der Waals surface area contributed by atoms with Crippen molar-refractivity contribution in [1.29, 1.82) is 0 Å². The fourth-order valence-electron chi connectivity index (χ4n) is 6.48. The number of cyclic esters (lactones) is 1. The molecule has 0 amide bonds. The molecule has 3 heterocycles. The Labute approximate surface area is 232 Å². The Kier molecular flexibility index (Phi) is 7.79. The summed E-state index contributed by atoms with van der Waals surface area (Å²) in [6.45, 7) is 13.7. The number of rotatable bonds is 11. The highest BCUT2D eigenvalue weighted by Gasteiger charge is 2.52. The lowest BCUT2D eigenvalue weighted by Crippen LogP contribution is -2.32. The van der Waals surface area contributed by atoms with Crippen LogP contribution >= 0.6 is 0 Å². The Bertz CT molecular complexity index is 1480. The van der Waals surface area contributed by atoms with Crippen LogP contribution in [0, 0.1) is 13.8 Å². The molecule has 204 valence electrons. The van der Waals surface area contributed by atoms with Crippen molar-refractivity contribution in [3.63, 3.8) is 0 Å². The van der Waals surface area contributed by atoms with E-state index in [4.69, 9.17) is 4.74 Å².